The fourth-order valence-corrected chi connectivity index (χ4v) is 2.28. The molecule has 0 aliphatic carbocycles. The number of hydrogen-bond donors (Lipinski definition) is 1. The maximum absolute atomic E-state index is 11.6. The lowest BCUT2D eigenvalue weighted by atomic mass is 10.7. The highest BCUT2D eigenvalue weighted by molar-refractivity contribution is 7.88. The summed E-state index contributed by atoms with van der Waals surface area (Å²) in [6.07, 6.45) is 2.88. The zero-order valence-electron chi connectivity index (χ0n) is 6.80. The first-order chi connectivity index (χ1) is 6.21. The van der Waals surface area contributed by atoms with Crippen LogP contribution in [0.1, 0.15) is 0 Å². The third-order valence-corrected chi connectivity index (χ3v) is 3.46. The van der Waals surface area contributed by atoms with Crippen molar-refractivity contribution in [3.63, 3.8) is 0 Å². The second-order valence-electron chi connectivity index (χ2n) is 2.61. The summed E-state index contributed by atoms with van der Waals surface area (Å²) in [7, 11) is -3.45. The Morgan fingerprint density at radius 2 is 2.46 bits per heavy atom. The number of nitrogens with zero attached hydrogens (tertiary/aromatic N) is 2. The number of imidazole rings is 1. The Hall–Kier alpha value is -0.920. The van der Waals surface area contributed by atoms with Crippen molar-refractivity contribution in [2.75, 3.05) is 19.9 Å². The van der Waals surface area contributed by atoms with Crippen LogP contribution in [0, 0.1) is 0 Å². The number of rotatable bonds is 2. The fraction of sp³-hybridized carbons (Fsp3) is 0.500. The molecule has 0 atom stereocenters. The van der Waals surface area contributed by atoms with Crippen LogP contribution in [0.15, 0.2) is 17.6 Å². The zero-order valence-corrected chi connectivity index (χ0v) is 7.62. The summed E-state index contributed by atoms with van der Waals surface area (Å²) in [5.74, 6) is 0. The van der Waals surface area contributed by atoms with Gasteiger partial charge in [-0.1, -0.05) is 0 Å². The first kappa shape index (κ1) is 8.67. The second kappa shape index (κ2) is 3.09. The van der Waals surface area contributed by atoms with Crippen molar-refractivity contribution in [1.82, 2.24) is 14.3 Å². The number of nitrogens with one attached hydrogen (secondary N) is 1. The van der Waals surface area contributed by atoms with Crippen molar-refractivity contribution >= 4 is 10.0 Å². The SMILES string of the molecule is O=S(=O)(c1ncc[nH]1)N1CCOC1. The molecule has 1 aliphatic rings. The molecule has 0 amide bonds. The number of ether oxygens (including phenoxy) is 1. The molecule has 2 heterocycles. The van der Waals surface area contributed by atoms with Gasteiger partial charge in [0.05, 0.1) is 6.61 Å². The van der Waals surface area contributed by atoms with Gasteiger partial charge in [-0.3, -0.25) is 0 Å². The van der Waals surface area contributed by atoms with E-state index in [-0.39, 0.29) is 11.9 Å². The maximum Gasteiger partial charge on any atom is 0.278 e. The first-order valence-corrected chi connectivity index (χ1v) is 5.22. The van der Waals surface area contributed by atoms with Crippen molar-refractivity contribution in [1.29, 1.82) is 0 Å². The van der Waals surface area contributed by atoms with E-state index >= 15 is 0 Å². The molecule has 0 aromatic carbocycles. The van der Waals surface area contributed by atoms with Crippen LogP contribution in [0.3, 0.4) is 0 Å². The number of aromatic amines is 1. The predicted molar refractivity (Wildman–Crippen MR) is 43.3 cm³/mol. The normalized spacial score (nSPS) is 19.4. The molecule has 13 heavy (non-hydrogen) atoms. The minimum Gasteiger partial charge on any atom is -0.364 e. The van der Waals surface area contributed by atoms with E-state index < -0.39 is 10.0 Å². The van der Waals surface area contributed by atoms with Crippen LogP contribution in [0.2, 0.25) is 0 Å². The molecule has 1 aromatic heterocycles. The highest BCUT2D eigenvalue weighted by Gasteiger charge is 2.29. The molecule has 1 N–H and O–H groups in total. The topological polar surface area (TPSA) is 75.3 Å². The summed E-state index contributed by atoms with van der Waals surface area (Å²) in [5, 5.41) is -0.0296. The van der Waals surface area contributed by atoms with Crippen LogP contribution < -0.4 is 0 Å². The fourth-order valence-electron chi connectivity index (χ4n) is 1.10. The summed E-state index contributed by atoms with van der Waals surface area (Å²) in [6, 6.07) is 0. The summed E-state index contributed by atoms with van der Waals surface area (Å²) in [4.78, 5) is 6.25. The van der Waals surface area contributed by atoms with Gasteiger partial charge < -0.3 is 9.72 Å². The van der Waals surface area contributed by atoms with Gasteiger partial charge in [0, 0.05) is 18.9 Å². The van der Waals surface area contributed by atoms with Crippen molar-refractivity contribution in [3.8, 4) is 0 Å². The van der Waals surface area contributed by atoms with Crippen LogP contribution >= 0.6 is 0 Å². The molecule has 0 bridgehead atoms. The standard InChI is InChI=1S/C6H9N3O3S/c10-13(11,6-7-1-2-8-6)9-3-4-12-5-9/h1-2H,3-5H2,(H,7,8). The van der Waals surface area contributed by atoms with Crippen molar-refractivity contribution in [2.45, 2.75) is 5.16 Å². The third kappa shape index (κ3) is 1.45. The maximum atomic E-state index is 11.6. The summed E-state index contributed by atoms with van der Waals surface area (Å²) < 4.78 is 29.5. The Morgan fingerprint density at radius 3 is 3.00 bits per heavy atom. The van der Waals surface area contributed by atoms with Gasteiger partial charge in [-0.15, -0.1) is 0 Å². The van der Waals surface area contributed by atoms with Gasteiger partial charge in [-0.05, 0) is 0 Å². The van der Waals surface area contributed by atoms with Gasteiger partial charge >= 0.3 is 0 Å². The Morgan fingerprint density at radius 1 is 1.62 bits per heavy atom. The Kier molecular flexibility index (Phi) is 2.06. The van der Waals surface area contributed by atoms with Gasteiger partial charge in [-0.2, -0.15) is 4.31 Å². The monoisotopic (exact) mass is 203 g/mol. The summed E-state index contributed by atoms with van der Waals surface area (Å²) in [5.41, 5.74) is 0. The highest BCUT2D eigenvalue weighted by Crippen LogP contribution is 2.13. The van der Waals surface area contributed by atoms with Crippen LogP contribution in [0.4, 0.5) is 0 Å². The third-order valence-electron chi connectivity index (χ3n) is 1.78. The van der Waals surface area contributed by atoms with E-state index in [4.69, 9.17) is 4.74 Å². The van der Waals surface area contributed by atoms with Gasteiger partial charge in [0.25, 0.3) is 10.0 Å². The van der Waals surface area contributed by atoms with E-state index in [0.717, 1.165) is 0 Å². The Bertz CT molecular complexity index is 366. The molecule has 1 fully saturated rings. The molecule has 72 valence electrons. The molecular weight excluding hydrogens is 194 g/mol. The van der Waals surface area contributed by atoms with Crippen LogP contribution in [0.5, 0.6) is 0 Å². The van der Waals surface area contributed by atoms with Gasteiger partial charge in [0.1, 0.15) is 6.73 Å². The van der Waals surface area contributed by atoms with E-state index in [1.165, 1.54) is 16.7 Å². The van der Waals surface area contributed by atoms with Gasteiger partial charge in [-0.25, -0.2) is 13.4 Å². The Labute approximate surface area is 75.6 Å². The molecule has 0 saturated carbocycles. The quantitative estimate of drug-likeness (QED) is 0.695. The van der Waals surface area contributed by atoms with E-state index in [1.54, 1.807) is 0 Å². The number of H-pyrrole nitrogens is 1. The molecule has 0 spiro atoms. The number of hydrogen-bond acceptors (Lipinski definition) is 4. The number of sulfonamides is 1. The summed E-state index contributed by atoms with van der Waals surface area (Å²) >= 11 is 0. The summed E-state index contributed by atoms with van der Waals surface area (Å²) in [6.45, 7) is 0.950. The average molecular weight is 203 g/mol. The van der Waals surface area contributed by atoms with Crippen LogP contribution in [-0.2, 0) is 14.8 Å². The largest absolute Gasteiger partial charge is 0.364 e. The highest BCUT2D eigenvalue weighted by atomic mass is 32.2. The van der Waals surface area contributed by atoms with E-state index in [9.17, 15) is 8.42 Å². The molecule has 6 nitrogen and oxygen atoms in total. The minimum atomic E-state index is -3.45. The van der Waals surface area contributed by atoms with E-state index in [0.29, 0.717) is 13.2 Å². The van der Waals surface area contributed by atoms with Crippen LogP contribution in [0.25, 0.3) is 0 Å². The lowest BCUT2D eigenvalue weighted by Gasteiger charge is -2.10. The molecular formula is C6H9N3O3S. The molecule has 2 rings (SSSR count). The van der Waals surface area contributed by atoms with E-state index in [2.05, 4.69) is 9.97 Å². The lowest BCUT2D eigenvalue weighted by molar-refractivity contribution is 0.172. The van der Waals surface area contributed by atoms with Crippen molar-refractivity contribution in [3.05, 3.63) is 12.4 Å². The van der Waals surface area contributed by atoms with Crippen molar-refractivity contribution < 1.29 is 13.2 Å². The first-order valence-electron chi connectivity index (χ1n) is 3.78. The molecule has 0 radical (unpaired) electrons. The zero-order chi connectivity index (χ0) is 9.31. The van der Waals surface area contributed by atoms with Gasteiger partial charge in [0.2, 0.25) is 5.16 Å². The second-order valence-corrected chi connectivity index (χ2v) is 4.47. The molecule has 1 aromatic rings. The van der Waals surface area contributed by atoms with Crippen LogP contribution in [-0.4, -0.2) is 42.6 Å². The molecule has 0 unspecified atom stereocenters. The molecule has 7 heteroatoms. The van der Waals surface area contributed by atoms with Crippen molar-refractivity contribution in [2.24, 2.45) is 0 Å². The molecule has 1 saturated heterocycles. The minimum absolute atomic E-state index is 0.0296. The Balaban J connectivity index is 2.30. The van der Waals surface area contributed by atoms with Gasteiger partial charge in [0.15, 0.2) is 0 Å². The number of aromatic nitrogens is 2. The average Bonchev–Trinajstić information content (AvgIpc) is 2.78. The molecule has 1 aliphatic heterocycles. The smallest absolute Gasteiger partial charge is 0.278 e. The lowest BCUT2D eigenvalue weighted by Crippen LogP contribution is -2.29. The predicted octanol–water partition coefficient (Wildman–Crippen LogP) is -0.612. The van der Waals surface area contributed by atoms with E-state index in [1.807, 2.05) is 0 Å².